The first-order valence-electron chi connectivity index (χ1n) is 2.90. The molecule has 0 amide bonds. The Morgan fingerprint density at radius 2 is 2.36 bits per heavy atom. The van der Waals surface area contributed by atoms with Gasteiger partial charge in [-0.15, -0.1) is 11.8 Å². The van der Waals surface area contributed by atoms with Crippen molar-refractivity contribution in [3.8, 4) is 0 Å². The fraction of sp³-hybridized carbons (Fsp3) is 0.800. The average molecular weight is 197 g/mol. The van der Waals surface area contributed by atoms with Crippen molar-refractivity contribution in [2.45, 2.75) is 6.04 Å². The predicted octanol–water partition coefficient (Wildman–Crippen LogP) is -0.533. The number of carboxylic acid groups (broad SMARTS) is 1. The minimum absolute atomic E-state index is 0.314. The van der Waals surface area contributed by atoms with Gasteiger partial charge < -0.3 is 10.8 Å². The Balaban J connectivity index is 3.39. The van der Waals surface area contributed by atoms with Crippen molar-refractivity contribution < 1.29 is 14.1 Å². The number of carboxylic acids is 1. The lowest BCUT2D eigenvalue weighted by Crippen LogP contribution is -2.32. The largest absolute Gasteiger partial charge is 0.480 e. The highest BCUT2D eigenvalue weighted by Crippen LogP contribution is 2.02. The third-order valence-corrected chi connectivity index (χ3v) is 3.45. The zero-order chi connectivity index (χ0) is 8.85. The van der Waals surface area contributed by atoms with E-state index in [-0.39, 0.29) is 0 Å². The Kier molecular flexibility index (Phi) is 5.53. The van der Waals surface area contributed by atoms with Crippen LogP contribution in [0.4, 0.5) is 0 Å². The molecule has 66 valence electrons. The smallest absolute Gasteiger partial charge is 0.321 e. The van der Waals surface area contributed by atoms with Gasteiger partial charge in [-0.05, 0) is 0 Å². The molecule has 0 rings (SSSR count). The third-order valence-electron chi connectivity index (χ3n) is 0.864. The molecule has 2 unspecified atom stereocenters. The molecule has 0 aromatic heterocycles. The summed E-state index contributed by atoms with van der Waals surface area (Å²) in [7, 11) is -0.881. The molecule has 0 saturated carbocycles. The molecule has 0 heterocycles. The second-order valence-electron chi connectivity index (χ2n) is 2.01. The third kappa shape index (κ3) is 6.33. The number of carbonyl (C=O) groups is 1. The number of hydrogen-bond donors (Lipinski definition) is 2. The zero-order valence-electron chi connectivity index (χ0n) is 6.15. The molecule has 0 radical (unpaired) electrons. The van der Waals surface area contributed by atoms with Crippen molar-refractivity contribution in [2.24, 2.45) is 5.73 Å². The van der Waals surface area contributed by atoms with E-state index in [2.05, 4.69) is 0 Å². The Morgan fingerprint density at radius 1 is 1.82 bits per heavy atom. The highest BCUT2D eigenvalue weighted by atomic mass is 32.2. The molecule has 2 atom stereocenters. The number of aliphatic carboxylic acids is 1. The van der Waals surface area contributed by atoms with Crippen LogP contribution in [0.15, 0.2) is 0 Å². The molecule has 0 aromatic carbocycles. The van der Waals surface area contributed by atoms with Crippen molar-refractivity contribution in [3.63, 3.8) is 0 Å². The van der Waals surface area contributed by atoms with Crippen LogP contribution in [0.2, 0.25) is 0 Å². The van der Waals surface area contributed by atoms with E-state index >= 15 is 0 Å². The molecule has 0 aliphatic rings. The van der Waals surface area contributed by atoms with Crippen molar-refractivity contribution in [1.82, 2.24) is 0 Å². The van der Waals surface area contributed by atoms with Gasteiger partial charge in [0.25, 0.3) is 0 Å². The van der Waals surface area contributed by atoms with Crippen molar-refractivity contribution in [3.05, 3.63) is 0 Å². The van der Waals surface area contributed by atoms with Gasteiger partial charge in [0.2, 0.25) is 0 Å². The van der Waals surface area contributed by atoms with Gasteiger partial charge >= 0.3 is 5.97 Å². The average Bonchev–Trinajstić information content (AvgIpc) is 1.86. The van der Waals surface area contributed by atoms with E-state index in [4.69, 9.17) is 10.8 Å². The van der Waals surface area contributed by atoms with Gasteiger partial charge in [-0.2, -0.15) is 0 Å². The highest BCUT2D eigenvalue weighted by Gasteiger charge is 2.10. The van der Waals surface area contributed by atoms with E-state index in [0.717, 1.165) is 0 Å². The van der Waals surface area contributed by atoms with Crippen LogP contribution in [-0.2, 0) is 15.6 Å². The summed E-state index contributed by atoms with van der Waals surface area (Å²) in [5.41, 5.74) is 5.18. The van der Waals surface area contributed by atoms with Gasteiger partial charge in [0, 0.05) is 22.8 Å². The molecule has 0 aliphatic heterocycles. The first-order valence-corrected chi connectivity index (χ1v) is 5.78. The van der Waals surface area contributed by atoms with Crippen molar-refractivity contribution in [1.29, 1.82) is 0 Å². The van der Waals surface area contributed by atoms with Gasteiger partial charge in [0.15, 0.2) is 0 Å². The van der Waals surface area contributed by atoms with E-state index in [0.29, 0.717) is 10.8 Å². The van der Waals surface area contributed by atoms with Crippen LogP contribution in [0, 0.1) is 0 Å². The van der Waals surface area contributed by atoms with Gasteiger partial charge in [-0.25, -0.2) is 0 Å². The maximum Gasteiger partial charge on any atom is 0.321 e. The van der Waals surface area contributed by atoms with Crippen LogP contribution in [0.3, 0.4) is 0 Å². The molecule has 0 aliphatic carbocycles. The van der Waals surface area contributed by atoms with E-state index in [9.17, 15) is 9.00 Å². The fourth-order valence-corrected chi connectivity index (χ4v) is 2.08. The Labute approximate surface area is 72.0 Å². The molecule has 0 fully saturated rings. The minimum Gasteiger partial charge on any atom is -0.480 e. The van der Waals surface area contributed by atoms with E-state index < -0.39 is 22.8 Å². The van der Waals surface area contributed by atoms with E-state index in [1.807, 2.05) is 0 Å². The quantitative estimate of drug-likeness (QED) is 0.619. The van der Waals surface area contributed by atoms with E-state index in [1.54, 1.807) is 6.26 Å². The van der Waals surface area contributed by atoms with Crippen LogP contribution >= 0.6 is 11.8 Å². The lowest BCUT2D eigenvalue weighted by molar-refractivity contribution is -0.137. The lowest BCUT2D eigenvalue weighted by atomic mass is 10.4. The minimum atomic E-state index is -1.01. The normalized spacial score (nSPS) is 15.8. The molecule has 0 bridgehead atoms. The van der Waals surface area contributed by atoms with Gasteiger partial charge in [-0.1, -0.05) is 0 Å². The Bertz CT molecular complexity index is 162. The standard InChI is InChI=1S/C5H11NO3S2/c1-11(9)3-10-2-4(6)5(7)8/h4H,2-3,6H2,1H3,(H,7,8). The van der Waals surface area contributed by atoms with Crippen LogP contribution in [-0.4, -0.2) is 38.4 Å². The molecule has 3 N–H and O–H groups in total. The summed E-state index contributed by atoms with van der Waals surface area (Å²) in [5.74, 6) is -0.700. The maximum atomic E-state index is 10.5. The van der Waals surface area contributed by atoms with Gasteiger partial charge in [0.05, 0.1) is 5.08 Å². The number of thioether (sulfide) groups is 1. The molecular weight excluding hydrogens is 186 g/mol. The summed E-state index contributed by atoms with van der Waals surface area (Å²) in [5, 5.41) is 8.78. The Hall–Kier alpha value is -0.0700. The number of nitrogens with two attached hydrogens (primary N) is 1. The molecule has 6 heteroatoms. The molecule has 0 saturated heterocycles. The Morgan fingerprint density at radius 3 is 2.73 bits per heavy atom. The number of hydrogen-bond acceptors (Lipinski definition) is 4. The second-order valence-corrected chi connectivity index (χ2v) is 4.84. The van der Waals surface area contributed by atoms with Gasteiger partial charge in [-0.3, -0.25) is 9.00 Å². The zero-order valence-corrected chi connectivity index (χ0v) is 7.78. The van der Waals surface area contributed by atoms with Gasteiger partial charge in [0.1, 0.15) is 6.04 Å². The summed E-state index contributed by atoms with van der Waals surface area (Å²) >= 11 is 1.29. The summed E-state index contributed by atoms with van der Waals surface area (Å²) < 4.78 is 10.5. The summed E-state index contributed by atoms with van der Waals surface area (Å²) in [6, 6.07) is -0.844. The van der Waals surface area contributed by atoms with Crippen molar-refractivity contribution in [2.75, 3.05) is 17.1 Å². The molecule has 4 nitrogen and oxygen atoms in total. The maximum absolute atomic E-state index is 10.5. The van der Waals surface area contributed by atoms with Crippen LogP contribution < -0.4 is 5.73 Å². The fourth-order valence-electron chi connectivity index (χ4n) is 0.364. The number of rotatable bonds is 5. The van der Waals surface area contributed by atoms with Crippen LogP contribution in [0.1, 0.15) is 0 Å². The van der Waals surface area contributed by atoms with Crippen molar-refractivity contribution >= 4 is 28.5 Å². The van der Waals surface area contributed by atoms with Crippen LogP contribution in [0.25, 0.3) is 0 Å². The highest BCUT2D eigenvalue weighted by molar-refractivity contribution is 8.10. The SMILES string of the molecule is CS(=O)CSCC(N)C(=O)O. The summed E-state index contributed by atoms with van der Waals surface area (Å²) in [4.78, 5) is 10.2. The summed E-state index contributed by atoms with van der Waals surface area (Å²) in [6.07, 6.45) is 1.57. The summed E-state index contributed by atoms with van der Waals surface area (Å²) in [6.45, 7) is 0. The molecule has 0 spiro atoms. The molecule has 0 aromatic rings. The molecular formula is C5H11NO3S2. The second kappa shape index (κ2) is 5.56. The first kappa shape index (κ1) is 10.9. The topological polar surface area (TPSA) is 80.4 Å². The first-order chi connectivity index (χ1) is 5.04. The predicted molar refractivity (Wildman–Crippen MR) is 47.0 cm³/mol. The lowest BCUT2D eigenvalue weighted by Gasteiger charge is -2.03. The monoisotopic (exact) mass is 197 g/mol. The van der Waals surface area contributed by atoms with Crippen LogP contribution in [0.5, 0.6) is 0 Å². The van der Waals surface area contributed by atoms with E-state index in [1.165, 1.54) is 11.8 Å². The molecule has 11 heavy (non-hydrogen) atoms.